The second-order valence-corrected chi connectivity index (χ2v) is 4.18. The molecule has 0 N–H and O–H groups in total. The van der Waals surface area contributed by atoms with Gasteiger partial charge in [-0.1, -0.05) is 18.2 Å². The van der Waals surface area contributed by atoms with Crippen molar-refractivity contribution in [3.05, 3.63) is 71.6 Å². The van der Waals surface area contributed by atoms with Gasteiger partial charge in [-0.05, 0) is 49.4 Å². The Morgan fingerprint density at radius 3 is 2.50 bits per heavy atom. The number of hydrogen-bond acceptors (Lipinski definition) is 2. The number of rotatable bonds is 5. The maximum absolute atomic E-state index is 13.4. The Morgan fingerprint density at radius 2 is 1.85 bits per heavy atom. The van der Waals surface area contributed by atoms with Crippen molar-refractivity contribution in [2.75, 3.05) is 6.61 Å². The standard InChI is InChI=1S/C17H15FO2/c1-2-20-15-10-7-14(8-11-15)17(19)12-9-13-5-3-4-6-16(13)18/h3-12H,2H2,1H3. The molecule has 0 amide bonds. The summed E-state index contributed by atoms with van der Waals surface area (Å²) in [6.45, 7) is 2.48. The molecular weight excluding hydrogens is 255 g/mol. The maximum Gasteiger partial charge on any atom is 0.185 e. The van der Waals surface area contributed by atoms with Gasteiger partial charge in [0.05, 0.1) is 6.61 Å². The quantitative estimate of drug-likeness (QED) is 0.603. The van der Waals surface area contributed by atoms with Crippen LogP contribution in [0.1, 0.15) is 22.8 Å². The van der Waals surface area contributed by atoms with Gasteiger partial charge in [0.1, 0.15) is 11.6 Å². The molecule has 0 bridgehead atoms. The first kappa shape index (κ1) is 14.0. The molecule has 0 aliphatic heterocycles. The number of benzene rings is 2. The molecule has 0 saturated heterocycles. The average molecular weight is 270 g/mol. The zero-order valence-corrected chi connectivity index (χ0v) is 11.2. The van der Waals surface area contributed by atoms with Gasteiger partial charge in [-0.15, -0.1) is 0 Å². The highest BCUT2D eigenvalue weighted by atomic mass is 19.1. The van der Waals surface area contributed by atoms with Crippen LogP contribution in [0.5, 0.6) is 5.75 Å². The third-order valence-electron chi connectivity index (χ3n) is 2.77. The summed E-state index contributed by atoms with van der Waals surface area (Å²) in [6.07, 6.45) is 2.85. The molecule has 0 heterocycles. The Labute approximate surface area is 117 Å². The van der Waals surface area contributed by atoms with Crippen molar-refractivity contribution in [1.82, 2.24) is 0 Å². The molecule has 0 aliphatic rings. The molecule has 102 valence electrons. The summed E-state index contributed by atoms with van der Waals surface area (Å²) in [5, 5.41) is 0. The molecule has 20 heavy (non-hydrogen) atoms. The third-order valence-corrected chi connectivity index (χ3v) is 2.77. The molecule has 3 heteroatoms. The maximum atomic E-state index is 13.4. The number of carbonyl (C=O) groups excluding carboxylic acids is 1. The lowest BCUT2D eigenvalue weighted by Gasteiger charge is -2.02. The smallest absolute Gasteiger partial charge is 0.185 e. The SMILES string of the molecule is CCOc1ccc(C(=O)C=Cc2ccccc2F)cc1. The Kier molecular flexibility index (Phi) is 4.66. The summed E-state index contributed by atoms with van der Waals surface area (Å²) in [7, 11) is 0. The Hall–Kier alpha value is -2.42. The highest BCUT2D eigenvalue weighted by Gasteiger charge is 2.03. The summed E-state index contributed by atoms with van der Waals surface area (Å²) in [4.78, 5) is 11.9. The van der Waals surface area contributed by atoms with E-state index in [1.54, 1.807) is 42.5 Å². The Bertz CT molecular complexity index is 615. The van der Waals surface area contributed by atoms with Crippen LogP contribution in [0.15, 0.2) is 54.6 Å². The van der Waals surface area contributed by atoms with Crippen molar-refractivity contribution in [1.29, 1.82) is 0 Å². The van der Waals surface area contributed by atoms with Crippen LogP contribution < -0.4 is 4.74 Å². The molecule has 2 aromatic carbocycles. The first-order valence-electron chi connectivity index (χ1n) is 6.40. The number of hydrogen-bond donors (Lipinski definition) is 0. The van der Waals surface area contributed by atoms with Crippen LogP contribution in [-0.4, -0.2) is 12.4 Å². The van der Waals surface area contributed by atoms with E-state index in [0.29, 0.717) is 17.7 Å². The molecule has 2 aromatic rings. The van der Waals surface area contributed by atoms with E-state index in [1.165, 1.54) is 18.2 Å². The number of ketones is 1. The molecule has 0 radical (unpaired) electrons. The van der Waals surface area contributed by atoms with E-state index >= 15 is 0 Å². The van der Waals surface area contributed by atoms with Gasteiger partial charge in [-0.3, -0.25) is 4.79 Å². The predicted octanol–water partition coefficient (Wildman–Crippen LogP) is 4.12. The average Bonchev–Trinajstić information content (AvgIpc) is 2.47. The van der Waals surface area contributed by atoms with E-state index in [-0.39, 0.29) is 11.6 Å². The summed E-state index contributed by atoms with van der Waals surface area (Å²) in [5.41, 5.74) is 0.938. The molecule has 2 rings (SSSR count). The van der Waals surface area contributed by atoms with Crippen LogP contribution in [0, 0.1) is 5.82 Å². The van der Waals surface area contributed by atoms with Crippen LogP contribution >= 0.6 is 0 Å². The van der Waals surface area contributed by atoms with Gasteiger partial charge in [0, 0.05) is 11.1 Å². The van der Waals surface area contributed by atoms with Crippen molar-refractivity contribution in [2.24, 2.45) is 0 Å². The number of ether oxygens (including phenoxy) is 1. The lowest BCUT2D eigenvalue weighted by atomic mass is 10.1. The van der Waals surface area contributed by atoms with Gasteiger partial charge < -0.3 is 4.74 Å². The third kappa shape index (κ3) is 3.54. The van der Waals surface area contributed by atoms with E-state index in [2.05, 4.69) is 0 Å². The molecule has 0 fully saturated rings. The van der Waals surface area contributed by atoms with Crippen LogP contribution in [0.2, 0.25) is 0 Å². The summed E-state index contributed by atoms with van der Waals surface area (Å²) in [6, 6.07) is 13.2. The monoisotopic (exact) mass is 270 g/mol. The Balaban J connectivity index is 2.10. The van der Waals surface area contributed by atoms with Crippen molar-refractivity contribution in [3.8, 4) is 5.75 Å². The molecule has 0 aliphatic carbocycles. The predicted molar refractivity (Wildman–Crippen MR) is 77.4 cm³/mol. The number of allylic oxidation sites excluding steroid dienone is 1. The fourth-order valence-corrected chi connectivity index (χ4v) is 1.75. The van der Waals surface area contributed by atoms with Gasteiger partial charge in [0.25, 0.3) is 0 Å². The first-order chi connectivity index (χ1) is 9.70. The summed E-state index contributed by atoms with van der Waals surface area (Å²) < 4.78 is 18.7. The second-order valence-electron chi connectivity index (χ2n) is 4.18. The largest absolute Gasteiger partial charge is 0.494 e. The van der Waals surface area contributed by atoms with E-state index in [1.807, 2.05) is 6.92 Å². The number of carbonyl (C=O) groups is 1. The molecule has 2 nitrogen and oxygen atoms in total. The topological polar surface area (TPSA) is 26.3 Å². The zero-order valence-electron chi connectivity index (χ0n) is 11.2. The molecule has 0 saturated carbocycles. The van der Waals surface area contributed by atoms with Crippen molar-refractivity contribution in [3.63, 3.8) is 0 Å². The van der Waals surface area contributed by atoms with Gasteiger partial charge >= 0.3 is 0 Å². The Morgan fingerprint density at radius 1 is 1.15 bits per heavy atom. The lowest BCUT2D eigenvalue weighted by Crippen LogP contribution is -1.96. The van der Waals surface area contributed by atoms with Gasteiger partial charge in [-0.2, -0.15) is 0 Å². The molecule has 0 spiro atoms. The van der Waals surface area contributed by atoms with Crippen molar-refractivity contribution >= 4 is 11.9 Å². The zero-order chi connectivity index (χ0) is 14.4. The fourth-order valence-electron chi connectivity index (χ4n) is 1.75. The van der Waals surface area contributed by atoms with Crippen LogP contribution in [0.4, 0.5) is 4.39 Å². The summed E-state index contributed by atoms with van der Waals surface area (Å²) >= 11 is 0. The fraction of sp³-hybridized carbons (Fsp3) is 0.118. The molecule has 0 atom stereocenters. The van der Waals surface area contributed by atoms with E-state index in [4.69, 9.17) is 4.74 Å². The highest BCUT2D eigenvalue weighted by molar-refractivity contribution is 6.06. The molecule has 0 aromatic heterocycles. The van der Waals surface area contributed by atoms with Crippen LogP contribution in [0.25, 0.3) is 6.08 Å². The van der Waals surface area contributed by atoms with Crippen LogP contribution in [-0.2, 0) is 0 Å². The molecular formula is C17H15FO2. The van der Waals surface area contributed by atoms with Crippen molar-refractivity contribution < 1.29 is 13.9 Å². The van der Waals surface area contributed by atoms with E-state index < -0.39 is 0 Å². The number of halogens is 1. The van der Waals surface area contributed by atoms with Crippen LogP contribution in [0.3, 0.4) is 0 Å². The summed E-state index contributed by atoms with van der Waals surface area (Å²) in [5.74, 6) is 0.210. The highest BCUT2D eigenvalue weighted by Crippen LogP contribution is 2.14. The van der Waals surface area contributed by atoms with Gasteiger partial charge in [0.15, 0.2) is 5.78 Å². The first-order valence-corrected chi connectivity index (χ1v) is 6.40. The van der Waals surface area contributed by atoms with Gasteiger partial charge in [0.2, 0.25) is 0 Å². The van der Waals surface area contributed by atoms with Gasteiger partial charge in [-0.25, -0.2) is 4.39 Å². The lowest BCUT2D eigenvalue weighted by molar-refractivity contribution is 0.104. The van der Waals surface area contributed by atoms with E-state index in [0.717, 1.165) is 5.75 Å². The molecule has 0 unspecified atom stereocenters. The van der Waals surface area contributed by atoms with E-state index in [9.17, 15) is 9.18 Å². The minimum absolute atomic E-state index is 0.170. The normalized spacial score (nSPS) is 10.7. The minimum Gasteiger partial charge on any atom is -0.494 e. The van der Waals surface area contributed by atoms with Crippen molar-refractivity contribution in [2.45, 2.75) is 6.92 Å². The minimum atomic E-state index is -0.344. The second kappa shape index (κ2) is 6.66.